The van der Waals surface area contributed by atoms with Gasteiger partial charge in [-0.3, -0.25) is 9.69 Å². The molecule has 1 fully saturated rings. The molecule has 0 radical (unpaired) electrons. The summed E-state index contributed by atoms with van der Waals surface area (Å²) < 4.78 is 24.7. The number of halogens is 1. The Bertz CT molecular complexity index is 1060. The predicted molar refractivity (Wildman–Crippen MR) is 115 cm³/mol. The van der Waals surface area contributed by atoms with Crippen molar-refractivity contribution in [3.63, 3.8) is 0 Å². The van der Waals surface area contributed by atoms with E-state index >= 15 is 0 Å². The van der Waals surface area contributed by atoms with Crippen LogP contribution in [0.3, 0.4) is 0 Å². The molecule has 29 heavy (non-hydrogen) atoms. The number of nitrogens with zero attached hydrogens (tertiary/aromatic N) is 1. The number of carbonyl (C=O) groups excluding carboxylic acids is 1. The van der Waals surface area contributed by atoms with Crippen molar-refractivity contribution >= 4 is 40.3 Å². The number of furan rings is 1. The largest absolute Gasteiger partial charge is 0.489 e. The molecule has 4 rings (SSSR count). The molecule has 1 aromatic heterocycles. The summed E-state index contributed by atoms with van der Waals surface area (Å²) >= 11 is 6.61. The first kappa shape index (κ1) is 19.4. The van der Waals surface area contributed by atoms with Crippen LogP contribution in [0.5, 0.6) is 5.75 Å². The number of amides is 1. The van der Waals surface area contributed by atoms with Gasteiger partial charge in [0.2, 0.25) is 0 Å². The van der Waals surface area contributed by atoms with Crippen molar-refractivity contribution < 1.29 is 18.3 Å². The zero-order chi connectivity index (χ0) is 20.2. The van der Waals surface area contributed by atoms with Crippen LogP contribution in [-0.2, 0) is 17.9 Å². The lowest BCUT2D eigenvalue weighted by Crippen LogP contribution is -2.27. The fourth-order valence-electron chi connectivity index (χ4n) is 2.80. The number of hydrogen-bond acceptors (Lipinski definition) is 5. The van der Waals surface area contributed by atoms with E-state index in [2.05, 4.69) is 0 Å². The fourth-order valence-corrected chi connectivity index (χ4v) is 4.05. The van der Waals surface area contributed by atoms with Crippen molar-refractivity contribution in [2.75, 3.05) is 0 Å². The van der Waals surface area contributed by atoms with Gasteiger partial charge in [0.15, 0.2) is 0 Å². The summed E-state index contributed by atoms with van der Waals surface area (Å²) in [5, 5.41) is 0. The Labute approximate surface area is 177 Å². The van der Waals surface area contributed by atoms with Crippen molar-refractivity contribution in [1.82, 2.24) is 4.90 Å². The zero-order valence-electron chi connectivity index (χ0n) is 15.2. The minimum absolute atomic E-state index is 0.136. The third-order valence-electron chi connectivity index (χ3n) is 4.24. The Morgan fingerprint density at radius 2 is 1.97 bits per heavy atom. The molecule has 3 aromatic rings. The molecule has 0 N–H and O–H groups in total. The average Bonchev–Trinajstić information content (AvgIpc) is 3.32. The first-order valence-corrected chi connectivity index (χ1v) is 10.1. The van der Waals surface area contributed by atoms with Gasteiger partial charge in [-0.05, 0) is 53.6 Å². The summed E-state index contributed by atoms with van der Waals surface area (Å²) in [6.07, 6.45) is 3.37. The molecule has 1 amide bonds. The third-order valence-corrected chi connectivity index (χ3v) is 5.62. The van der Waals surface area contributed by atoms with Crippen molar-refractivity contribution in [3.8, 4) is 5.75 Å². The molecule has 2 aromatic carbocycles. The molecule has 146 valence electrons. The summed E-state index contributed by atoms with van der Waals surface area (Å²) in [6.45, 7) is 0.602. The van der Waals surface area contributed by atoms with Gasteiger partial charge >= 0.3 is 0 Å². The van der Waals surface area contributed by atoms with Gasteiger partial charge in [0, 0.05) is 0 Å². The van der Waals surface area contributed by atoms with Gasteiger partial charge in [-0.2, -0.15) is 0 Å². The summed E-state index contributed by atoms with van der Waals surface area (Å²) in [6, 6.07) is 17.2. The second kappa shape index (κ2) is 8.63. The van der Waals surface area contributed by atoms with Gasteiger partial charge < -0.3 is 9.15 Å². The molecule has 1 aliphatic heterocycles. The number of benzene rings is 2. The van der Waals surface area contributed by atoms with E-state index in [1.54, 1.807) is 24.5 Å². The van der Waals surface area contributed by atoms with E-state index in [0.29, 0.717) is 27.3 Å². The van der Waals surface area contributed by atoms with Crippen molar-refractivity contribution in [1.29, 1.82) is 0 Å². The van der Waals surface area contributed by atoms with Crippen LogP contribution in [0.4, 0.5) is 4.39 Å². The Hall–Kier alpha value is -2.90. The second-order valence-electron chi connectivity index (χ2n) is 6.33. The van der Waals surface area contributed by atoms with Gasteiger partial charge in [0.25, 0.3) is 5.91 Å². The Morgan fingerprint density at radius 1 is 1.14 bits per heavy atom. The molecule has 4 nitrogen and oxygen atoms in total. The molecule has 1 aliphatic rings. The lowest BCUT2D eigenvalue weighted by Gasteiger charge is -2.12. The van der Waals surface area contributed by atoms with Crippen LogP contribution in [0, 0.1) is 5.82 Å². The van der Waals surface area contributed by atoms with Crippen LogP contribution in [-0.4, -0.2) is 15.1 Å². The molecule has 0 atom stereocenters. The van der Waals surface area contributed by atoms with Crippen LogP contribution in [0.2, 0.25) is 0 Å². The summed E-state index contributed by atoms with van der Waals surface area (Å²) in [5.41, 5.74) is 1.62. The molecule has 0 unspecified atom stereocenters. The van der Waals surface area contributed by atoms with E-state index in [1.165, 1.54) is 28.8 Å². The monoisotopic (exact) mass is 425 g/mol. The molecule has 7 heteroatoms. The molecule has 0 aliphatic carbocycles. The molecule has 0 spiro atoms. The third kappa shape index (κ3) is 4.75. The number of hydrogen-bond donors (Lipinski definition) is 0. The molecular weight excluding hydrogens is 409 g/mol. The van der Waals surface area contributed by atoms with E-state index in [-0.39, 0.29) is 18.3 Å². The predicted octanol–water partition coefficient (Wildman–Crippen LogP) is 5.40. The van der Waals surface area contributed by atoms with E-state index in [4.69, 9.17) is 21.4 Å². The number of ether oxygens (including phenoxy) is 1. The quantitative estimate of drug-likeness (QED) is 0.391. The number of rotatable bonds is 6. The van der Waals surface area contributed by atoms with Crippen LogP contribution >= 0.6 is 24.0 Å². The molecule has 1 saturated heterocycles. The van der Waals surface area contributed by atoms with Crippen molar-refractivity contribution in [2.24, 2.45) is 0 Å². The van der Waals surface area contributed by atoms with Crippen LogP contribution in [0.25, 0.3) is 6.08 Å². The minimum Gasteiger partial charge on any atom is -0.489 e. The first-order valence-electron chi connectivity index (χ1n) is 8.83. The Kier molecular flexibility index (Phi) is 5.78. The number of carbonyl (C=O) groups is 1. The van der Waals surface area contributed by atoms with E-state index in [9.17, 15) is 9.18 Å². The normalized spacial score (nSPS) is 15.3. The summed E-state index contributed by atoms with van der Waals surface area (Å²) in [4.78, 5) is 14.7. The standard InChI is InChI=1S/C22H16FNO3S2/c23-17-4-1-3-16(11-17)14-27-18-8-6-15(7-9-18)12-20-21(25)24(22(28)29-20)13-19-5-2-10-26-19/h1-12H,13-14H2. The topological polar surface area (TPSA) is 42.7 Å². The lowest BCUT2D eigenvalue weighted by molar-refractivity contribution is -0.122. The molecule has 0 saturated carbocycles. The summed E-state index contributed by atoms with van der Waals surface area (Å²) in [5.74, 6) is 0.924. The number of thiocarbonyl (C=S) groups is 1. The zero-order valence-corrected chi connectivity index (χ0v) is 16.8. The maximum Gasteiger partial charge on any atom is 0.266 e. The van der Waals surface area contributed by atoms with E-state index in [0.717, 1.165) is 11.1 Å². The Balaban J connectivity index is 1.40. The highest BCUT2D eigenvalue weighted by molar-refractivity contribution is 8.26. The highest BCUT2D eigenvalue weighted by Crippen LogP contribution is 2.33. The lowest BCUT2D eigenvalue weighted by atomic mass is 10.2. The second-order valence-corrected chi connectivity index (χ2v) is 8.01. The van der Waals surface area contributed by atoms with Crippen LogP contribution in [0.15, 0.2) is 76.2 Å². The van der Waals surface area contributed by atoms with Gasteiger partial charge in [-0.15, -0.1) is 0 Å². The van der Waals surface area contributed by atoms with Crippen molar-refractivity contribution in [2.45, 2.75) is 13.2 Å². The minimum atomic E-state index is -0.286. The SMILES string of the molecule is O=C1C(=Cc2ccc(OCc3cccc(F)c3)cc2)SC(=S)N1Cc1ccco1. The fraction of sp³-hybridized carbons (Fsp3) is 0.0909. The highest BCUT2D eigenvalue weighted by Gasteiger charge is 2.32. The van der Waals surface area contributed by atoms with Crippen LogP contribution in [0.1, 0.15) is 16.9 Å². The maximum absolute atomic E-state index is 13.2. The molecular formula is C22H16FNO3S2. The Morgan fingerprint density at radius 3 is 2.69 bits per heavy atom. The van der Waals surface area contributed by atoms with Gasteiger partial charge in [-0.25, -0.2) is 4.39 Å². The first-order chi connectivity index (χ1) is 14.1. The van der Waals surface area contributed by atoms with E-state index < -0.39 is 0 Å². The van der Waals surface area contributed by atoms with Gasteiger partial charge in [0.1, 0.15) is 28.3 Å². The molecule has 2 heterocycles. The van der Waals surface area contributed by atoms with Crippen LogP contribution < -0.4 is 4.74 Å². The summed E-state index contributed by atoms with van der Waals surface area (Å²) in [7, 11) is 0. The number of thioether (sulfide) groups is 1. The highest BCUT2D eigenvalue weighted by atomic mass is 32.2. The van der Waals surface area contributed by atoms with Crippen molar-refractivity contribution in [3.05, 3.63) is 94.5 Å². The maximum atomic E-state index is 13.2. The molecule has 0 bridgehead atoms. The van der Waals surface area contributed by atoms with Gasteiger partial charge in [-0.1, -0.05) is 48.2 Å². The van der Waals surface area contributed by atoms with E-state index in [1.807, 2.05) is 36.4 Å². The smallest absolute Gasteiger partial charge is 0.266 e. The van der Waals surface area contributed by atoms with Gasteiger partial charge in [0.05, 0.1) is 17.7 Å². The average molecular weight is 426 g/mol.